The van der Waals surface area contributed by atoms with Crippen molar-refractivity contribution < 1.29 is 14.3 Å². The van der Waals surface area contributed by atoms with Gasteiger partial charge in [-0.2, -0.15) is 0 Å². The number of rotatable bonds is 6. The Balaban J connectivity index is 2.13. The normalized spacial score (nSPS) is 20.5. The Kier molecular flexibility index (Phi) is 5.06. The van der Waals surface area contributed by atoms with Crippen molar-refractivity contribution in [3.05, 3.63) is 0 Å². The molecule has 15 heavy (non-hydrogen) atoms. The van der Waals surface area contributed by atoms with Gasteiger partial charge in [-0.15, -0.1) is 0 Å². The summed E-state index contributed by atoms with van der Waals surface area (Å²) < 4.78 is 10.3. The second kappa shape index (κ2) is 5.85. The van der Waals surface area contributed by atoms with E-state index in [1.165, 1.54) is 0 Å². The minimum Gasteiger partial charge on any atom is -0.465 e. The van der Waals surface area contributed by atoms with Crippen molar-refractivity contribution in [2.24, 2.45) is 11.3 Å². The van der Waals surface area contributed by atoms with Crippen LogP contribution in [0.25, 0.3) is 0 Å². The monoisotopic (exact) mass is 278 g/mol. The van der Waals surface area contributed by atoms with E-state index < -0.39 is 0 Å². The lowest BCUT2D eigenvalue weighted by molar-refractivity contribution is -0.165. The number of alkyl halides is 1. The summed E-state index contributed by atoms with van der Waals surface area (Å²) in [6.07, 6.45) is 1.53. The van der Waals surface area contributed by atoms with E-state index in [1.807, 2.05) is 0 Å². The Morgan fingerprint density at radius 3 is 2.73 bits per heavy atom. The molecule has 4 heteroatoms. The number of halogens is 1. The van der Waals surface area contributed by atoms with Crippen molar-refractivity contribution in [1.29, 1.82) is 0 Å². The summed E-state index contributed by atoms with van der Waals surface area (Å²) in [4.78, 5) is 11.4. The summed E-state index contributed by atoms with van der Waals surface area (Å²) in [6, 6.07) is 0. The topological polar surface area (TPSA) is 35.5 Å². The van der Waals surface area contributed by atoms with Crippen LogP contribution >= 0.6 is 15.9 Å². The molecule has 3 nitrogen and oxygen atoms in total. The van der Waals surface area contributed by atoms with Gasteiger partial charge in [0.05, 0.1) is 13.2 Å². The Bertz CT molecular complexity index is 214. The highest BCUT2D eigenvalue weighted by atomic mass is 79.9. The maximum absolute atomic E-state index is 11.4. The fraction of sp³-hybridized carbons (Fsp3) is 0.909. The number of carbonyl (C=O) groups excluding carboxylic acids is 1. The molecular formula is C11H19BrO3. The molecule has 1 atom stereocenters. The second-order valence-corrected chi connectivity index (χ2v) is 5.54. The van der Waals surface area contributed by atoms with Gasteiger partial charge >= 0.3 is 5.97 Å². The Morgan fingerprint density at radius 2 is 2.27 bits per heavy atom. The fourth-order valence-corrected chi connectivity index (χ4v) is 2.20. The average molecular weight is 279 g/mol. The first-order valence-corrected chi connectivity index (χ1v) is 6.47. The third-order valence-corrected chi connectivity index (χ3v) is 3.06. The van der Waals surface area contributed by atoms with Crippen LogP contribution < -0.4 is 0 Å². The first-order chi connectivity index (χ1) is 7.06. The van der Waals surface area contributed by atoms with Crippen LogP contribution in [0.2, 0.25) is 0 Å². The van der Waals surface area contributed by atoms with E-state index >= 15 is 0 Å². The predicted molar refractivity (Wildman–Crippen MR) is 62.1 cm³/mol. The minimum absolute atomic E-state index is 0.0638. The Morgan fingerprint density at radius 1 is 1.60 bits per heavy atom. The van der Waals surface area contributed by atoms with Crippen molar-refractivity contribution in [3.63, 3.8) is 0 Å². The molecule has 1 heterocycles. The van der Waals surface area contributed by atoms with Crippen LogP contribution in [-0.4, -0.2) is 31.1 Å². The zero-order valence-electron chi connectivity index (χ0n) is 9.42. The van der Waals surface area contributed by atoms with Crippen molar-refractivity contribution in [2.45, 2.75) is 26.7 Å². The molecular weight excluding hydrogens is 260 g/mol. The highest BCUT2D eigenvalue weighted by Gasteiger charge is 2.34. The maximum Gasteiger partial charge on any atom is 0.306 e. The molecule has 1 aliphatic rings. The lowest BCUT2D eigenvalue weighted by Crippen LogP contribution is -2.44. The highest BCUT2D eigenvalue weighted by Crippen LogP contribution is 2.26. The highest BCUT2D eigenvalue weighted by molar-refractivity contribution is 9.09. The predicted octanol–water partition coefficient (Wildman–Crippen LogP) is 2.38. The van der Waals surface area contributed by atoms with Crippen LogP contribution in [0.4, 0.5) is 0 Å². The standard InChI is InChI=1S/C11H19BrO3/c1-9(3-4-12)5-10(13)15-8-11(2)6-14-7-11/h9H,3-8H2,1-2H3. The number of carbonyl (C=O) groups is 1. The largest absolute Gasteiger partial charge is 0.465 e. The number of ether oxygens (including phenoxy) is 2. The van der Waals surface area contributed by atoms with Gasteiger partial charge in [0.2, 0.25) is 0 Å². The van der Waals surface area contributed by atoms with Crippen LogP contribution in [0.3, 0.4) is 0 Å². The second-order valence-electron chi connectivity index (χ2n) is 4.75. The molecule has 1 rings (SSSR count). The lowest BCUT2D eigenvalue weighted by atomic mass is 9.90. The van der Waals surface area contributed by atoms with Gasteiger partial charge < -0.3 is 9.47 Å². The van der Waals surface area contributed by atoms with E-state index in [0.717, 1.165) is 11.8 Å². The third-order valence-electron chi connectivity index (χ3n) is 2.60. The number of hydrogen-bond donors (Lipinski definition) is 0. The molecule has 0 aliphatic carbocycles. The summed E-state index contributed by atoms with van der Waals surface area (Å²) in [5.74, 6) is 0.305. The maximum atomic E-state index is 11.4. The molecule has 0 spiro atoms. The van der Waals surface area contributed by atoms with Gasteiger partial charge in [0.25, 0.3) is 0 Å². The zero-order valence-corrected chi connectivity index (χ0v) is 11.0. The average Bonchev–Trinajstić information content (AvgIpc) is 2.12. The Labute approximate surface area is 99.6 Å². The van der Waals surface area contributed by atoms with E-state index in [4.69, 9.17) is 9.47 Å². The molecule has 1 aliphatic heterocycles. The van der Waals surface area contributed by atoms with E-state index in [9.17, 15) is 4.79 Å². The van der Waals surface area contributed by atoms with Gasteiger partial charge in [-0.05, 0) is 12.3 Å². The number of hydrogen-bond acceptors (Lipinski definition) is 3. The van der Waals surface area contributed by atoms with Crippen LogP contribution in [0.5, 0.6) is 0 Å². The van der Waals surface area contributed by atoms with Gasteiger partial charge in [0.15, 0.2) is 0 Å². The molecule has 1 saturated heterocycles. The number of esters is 1. The first kappa shape index (κ1) is 13.0. The summed E-state index contributed by atoms with van der Waals surface area (Å²) in [5, 5.41) is 0.938. The molecule has 0 radical (unpaired) electrons. The molecule has 0 saturated carbocycles. The van der Waals surface area contributed by atoms with E-state index in [-0.39, 0.29) is 11.4 Å². The molecule has 0 aromatic heterocycles. The summed E-state index contributed by atoms with van der Waals surface area (Å²) >= 11 is 3.36. The molecule has 0 bridgehead atoms. The summed E-state index contributed by atoms with van der Waals surface area (Å²) in [5.41, 5.74) is 0.0638. The SMILES string of the molecule is CC(CCBr)CC(=O)OCC1(C)COC1. The molecule has 88 valence electrons. The van der Waals surface area contributed by atoms with Crippen molar-refractivity contribution in [3.8, 4) is 0 Å². The van der Waals surface area contributed by atoms with Gasteiger partial charge in [-0.1, -0.05) is 29.8 Å². The third kappa shape index (κ3) is 4.51. The van der Waals surface area contributed by atoms with Gasteiger partial charge in [0, 0.05) is 17.2 Å². The van der Waals surface area contributed by atoms with Crippen molar-refractivity contribution in [1.82, 2.24) is 0 Å². The van der Waals surface area contributed by atoms with Crippen LogP contribution in [0.15, 0.2) is 0 Å². The summed E-state index contributed by atoms with van der Waals surface area (Å²) in [7, 11) is 0. The zero-order chi connectivity index (χ0) is 11.3. The smallest absolute Gasteiger partial charge is 0.306 e. The quantitative estimate of drug-likeness (QED) is 0.553. The van der Waals surface area contributed by atoms with Crippen LogP contribution in [-0.2, 0) is 14.3 Å². The van der Waals surface area contributed by atoms with E-state index in [1.54, 1.807) is 0 Å². The lowest BCUT2D eigenvalue weighted by Gasteiger charge is -2.37. The molecule has 0 amide bonds. The van der Waals surface area contributed by atoms with Gasteiger partial charge in [0.1, 0.15) is 6.61 Å². The van der Waals surface area contributed by atoms with Crippen molar-refractivity contribution >= 4 is 21.9 Å². The van der Waals surface area contributed by atoms with E-state index in [0.29, 0.717) is 32.2 Å². The molecule has 1 fully saturated rings. The Hall–Kier alpha value is -0.0900. The first-order valence-electron chi connectivity index (χ1n) is 5.35. The molecule has 0 aromatic carbocycles. The van der Waals surface area contributed by atoms with Gasteiger partial charge in [-0.25, -0.2) is 0 Å². The van der Waals surface area contributed by atoms with Crippen LogP contribution in [0, 0.1) is 11.3 Å². The fourth-order valence-electron chi connectivity index (χ4n) is 1.42. The van der Waals surface area contributed by atoms with E-state index in [2.05, 4.69) is 29.8 Å². The van der Waals surface area contributed by atoms with Crippen LogP contribution in [0.1, 0.15) is 26.7 Å². The van der Waals surface area contributed by atoms with Gasteiger partial charge in [-0.3, -0.25) is 4.79 Å². The minimum atomic E-state index is -0.0865. The van der Waals surface area contributed by atoms with Crippen molar-refractivity contribution in [2.75, 3.05) is 25.2 Å². The molecule has 1 unspecified atom stereocenters. The summed E-state index contributed by atoms with van der Waals surface area (Å²) in [6.45, 7) is 6.05. The molecule has 0 aromatic rings. The molecule has 0 N–H and O–H groups in total.